The minimum absolute atomic E-state index is 0.210. The van der Waals surface area contributed by atoms with E-state index in [1.165, 1.54) is 0 Å². The summed E-state index contributed by atoms with van der Waals surface area (Å²) in [6, 6.07) is 11.4. The van der Waals surface area contributed by atoms with Gasteiger partial charge in [0.1, 0.15) is 12.4 Å². The standard InChI is InChI=1S/C11H10N4O/c12-7-6-10-13-11(15-14-10)8-16-9-4-2-1-3-5-9/h1-5H,6,8H2,(H,13,14,15). The molecule has 1 aromatic heterocycles. The average Bonchev–Trinajstić information content (AvgIpc) is 2.76. The summed E-state index contributed by atoms with van der Waals surface area (Å²) in [5.74, 6) is 1.89. The molecule has 0 aliphatic rings. The number of H-pyrrole nitrogens is 1. The second-order valence-electron chi connectivity index (χ2n) is 3.13. The Balaban J connectivity index is 1.93. The summed E-state index contributed by atoms with van der Waals surface area (Å²) < 4.78 is 5.47. The predicted molar refractivity (Wildman–Crippen MR) is 56.5 cm³/mol. The molecule has 0 aliphatic heterocycles. The maximum Gasteiger partial charge on any atom is 0.164 e. The van der Waals surface area contributed by atoms with Crippen LogP contribution in [0.4, 0.5) is 0 Å². The molecule has 0 atom stereocenters. The molecule has 0 unspecified atom stereocenters. The molecule has 0 radical (unpaired) electrons. The van der Waals surface area contributed by atoms with E-state index in [2.05, 4.69) is 15.2 Å². The molecule has 5 heteroatoms. The highest BCUT2D eigenvalue weighted by Gasteiger charge is 2.02. The van der Waals surface area contributed by atoms with Gasteiger partial charge in [0.05, 0.1) is 12.5 Å². The van der Waals surface area contributed by atoms with Crippen molar-refractivity contribution in [3.8, 4) is 11.8 Å². The molecule has 0 amide bonds. The summed E-state index contributed by atoms with van der Waals surface area (Å²) in [7, 11) is 0. The van der Waals surface area contributed by atoms with E-state index in [1.807, 2.05) is 36.4 Å². The summed E-state index contributed by atoms with van der Waals surface area (Å²) in [5.41, 5.74) is 0. The molecular formula is C11H10N4O. The first-order chi connectivity index (χ1) is 7.88. The van der Waals surface area contributed by atoms with Gasteiger partial charge in [-0.15, -0.1) is 0 Å². The van der Waals surface area contributed by atoms with Crippen molar-refractivity contribution in [1.82, 2.24) is 15.2 Å². The van der Waals surface area contributed by atoms with Gasteiger partial charge in [0.25, 0.3) is 0 Å². The molecule has 2 aromatic rings. The molecule has 0 fully saturated rings. The third-order valence-corrected chi connectivity index (χ3v) is 1.93. The van der Waals surface area contributed by atoms with Crippen LogP contribution >= 0.6 is 0 Å². The van der Waals surface area contributed by atoms with Gasteiger partial charge in [0.15, 0.2) is 11.6 Å². The molecular weight excluding hydrogens is 204 g/mol. The lowest BCUT2D eigenvalue weighted by Gasteiger charge is -2.02. The van der Waals surface area contributed by atoms with E-state index in [9.17, 15) is 0 Å². The lowest BCUT2D eigenvalue weighted by atomic mass is 10.3. The number of aromatic nitrogens is 3. The number of benzene rings is 1. The molecule has 0 spiro atoms. The fourth-order valence-corrected chi connectivity index (χ4v) is 1.22. The van der Waals surface area contributed by atoms with Crippen LogP contribution in [0.2, 0.25) is 0 Å². The van der Waals surface area contributed by atoms with E-state index in [0.29, 0.717) is 18.3 Å². The van der Waals surface area contributed by atoms with Crippen LogP contribution < -0.4 is 4.74 Å². The van der Waals surface area contributed by atoms with Crippen molar-refractivity contribution in [3.05, 3.63) is 42.0 Å². The lowest BCUT2D eigenvalue weighted by Crippen LogP contribution is -1.97. The smallest absolute Gasteiger partial charge is 0.164 e. The SMILES string of the molecule is N#CCc1n[nH]c(COc2ccccc2)n1. The lowest BCUT2D eigenvalue weighted by molar-refractivity contribution is 0.296. The van der Waals surface area contributed by atoms with Gasteiger partial charge in [-0.3, -0.25) is 5.10 Å². The Kier molecular flexibility index (Phi) is 3.14. The summed E-state index contributed by atoms with van der Waals surface area (Å²) in [4.78, 5) is 4.10. The van der Waals surface area contributed by atoms with Crippen LogP contribution in [0, 0.1) is 11.3 Å². The second kappa shape index (κ2) is 4.94. The molecule has 80 valence electrons. The average molecular weight is 214 g/mol. The summed E-state index contributed by atoms with van der Waals surface area (Å²) in [6.07, 6.45) is 0.210. The van der Waals surface area contributed by atoms with Gasteiger partial charge < -0.3 is 4.74 Å². The quantitative estimate of drug-likeness (QED) is 0.835. The Labute approximate surface area is 92.7 Å². The Morgan fingerprint density at radius 2 is 2.12 bits per heavy atom. The van der Waals surface area contributed by atoms with Gasteiger partial charge >= 0.3 is 0 Å². The van der Waals surface area contributed by atoms with Gasteiger partial charge in [-0.1, -0.05) is 18.2 Å². The zero-order valence-corrected chi connectivity index (χ0v) is 8.55. The molecule has 0 saturated heterocycles. The van der Waals surface area contributed by atoms with Crippen molar-refractivity contribution in [2.45, 2.75) is 13.0 Å². The van der Waals surface area contributed by atoms with E-state index in [-0.39, 0.29) is 6.42 Å². The number of hydrogen-bond acceptors (Lipinski definition) is 4. The van der Waals surface area contributed by atoms with E-state index >= 15 is 0 Å². The molecule has 1 N–H and O–H groups in total. The first-order valence-electron chi connectivity index (χ1n) is 4.83. The fraction of sp³-hybridized carbons (Fsp3) is 0.182. The topological polar surface area (TPSA) is 74.6 Å². The Morgan fingerprint density at radius 1 is 1.31 bits per heavy atom. The minimum atomic E-state index is 0.210. The maximum absolute atomic E-state index is 8.46. The van der Waals surface area contributed by atoms with E-state index in [0.717, 1.165) is 5.75 Å². The maximum atomic E-state index is 8.46. The van der Waals surface area contributed by atoms with Crippen LogP contribution in [-0.2, 0) is 13.0 Å². The largest absolute Gasteiger partial charge is 0.486 e. The van der Waals surface area contributed by atoms with Crippen LogP contribution in [0.25, 0.3) is 0 Å². The number of nitrogens with zero attached hydrogens (tertiary/aromatic N) is 3. The van der Waals surface area contributed by atoms with Crippen molar-refractivity contribution < 1.29 is 4.74 Å². The Bertz CT molecular complexity index is 486. The third-order valence-electron chi connectivity index (χ3n) is 1.93. The number of para-hydroxylation sites is 1. The van der Waals surface area contributed by atoms with Crippen molar-refractivity contribution in [2.75, 3.05) is 0 Å². The number of aromatic amines is 1. The van der Waals surface area contributed by atoms with Gasteiger partial charge in [0, 0.05) is 0 Å². The molecule has 1 heterocycles. The van der Waals surface area contributed by atoms with Gasteiger partial charge in [0.2, 0.25) is 0 Å². The number of hydrogen-bond donors (Lipinski definition) is 1. The summed E-state index contributed by atoms with van der Waals surface area (Å²) >= 11 is 0. The van der Waals surface area contributed by atoms with Crippen LogP contribution in [0.1, 0.15) is 11.6 Å². The first-order valence-corrected chi connectivity index (χ1v) is 4.83. The normalized spacial score (nSPS) is 9.69. The number of nitriles is 1. The number of ether oxygens (including phenoxy) is 1. The first kappa shape index (κ1) is 10.2. The van der Waals surface area contributed by atoms with Crippen molar-refractivity contribution in [3.63, 3.8) is 0 Å². The fourth-order valence-electron chi connectivity index (χ4n) is 1.22. The molecule has 0 saturated carbocycles. The van der Waals surface area contributed by atoms with Crippen molar-refractivity contribution in [2.24, 2.45) is 0 Å². The van der Waals surface area contributed by atoms with E-state index in [4.69, 9.17) is 10.00 Å². The van der Waals surface area contributed by atoms with Crippen LogP contribution in [-0.4, -0.2) is 15.2 Å². The van der Waals surface area contributed by atoms with Crippen molar-refractivity contribution >= 4 is 0 Å². The highest BCUT2D eigenvalue weighted by atomic mass is 16.5. The van der Waals surface area contributed by atoms with E-state index < -0.39 is 0 Å². The monoisotopic (exact) mass is 214 g/mol. The van der Waals surface area contributed by atoms with Crippen LogP contribution in [0.3, 0.4) is 0 Å². The zero-order chi connectivity index (χ0) is 11.2. The molecule has 16 heavy (non-hydrogen) atoms. The highest BCUT2D eigenvalue weighted by molar-refractivity contribution is 5.20. The molecule has 5 nitrogen and oxygen atoms in total. The van der Waals surface area contributed by atoms with Crippen molar-refractivity contribution in [1.29, 1.82) is 5.26 Å². The Hall–Kier alpha value is -2.35. The van der Waals surface area contributed by atoms with Gasteiger partial charge in [-0.25, -0.2) is 4.98 Å². The highest BCUT2D eigenvalue weighted by Crippen LogP contribution is 2.09. The molecule has 1 aromatic carbocycles. The van der Waals surface area contributed by atoms with Crippen LogP contribution in [0.15, 0.2) is 30.3 Å². The van der Waals surface area contributed by atoms with Crippen LogP contribution in [0.5, 0.6) is 5.75 Å². The number of rotatable bonds is 4. The zero-order valence-electron chi connectivity index (χ0n) is 8.55. The third kappa shape index (κ3) is 2.58. The number of nitrogens with one attached hydrogen (secondary N) is 1. The second-order valence-corrected chi connectivity index (χ2v) is 3.13. The van der Waals surface area contributed by atoms with E-state index in [1.54, 1.807) is 0 Å². The minimum Gasteiger partial charge on any atom is -0.486 e. The van der Waals surface area contributed by atoms with Gasteiger partial charge in [-0.2, -0.15) is 10.4 Å². The summed E-state index contributed by atoms with van der Waals surface area (Å²) in [6.45, 7) is 0.322. The Morgan fingerprint density at radius 3 is 2.88 bits per heavy atom. The summed E-state index contributed by atoms with van der Waals surface area (Å²) in [5, 5.41) is 15.1. The molecule has 2 rings (SSSR count). The predicted octanol–water partition coefficient (Wildman–Crippen LogP) is 1.45. The molecule has 0 bridgehead atoms. The molecule has 0 aliphatic carbocycles. The van der Waals surface area contributed by atoms with Gasteiger partial charge in [-0.05, 0) is 12.1 Å².